The van der Waals surface area contributed by atoms with Gasteiger partial charge in [-0.3, -0.25) is 4.79 Å². The summed E-state index contributed by atoms with van der Waals surface area (Å²) in [4.78, 5) is 11.5. The third-order valence-electron chi connectivity index (χ3n) is 2.67. The summed E-state index contributed by atoms with van der Waals surface area (Å²) in [7, 11) is 0. The fourth-order valence-electron chi connectivity index (χ4n) is 1.73. The number of aliphatic hydroxyl groups excluding tert-OH is 1. The average Bonchev–Trinajstić information content (AvgIpc) is 2.09. The molecule has 1 saturated carbocycles. The molecule has 0 aromatic heterocycles. The highest BCUT2D eigenvalue weighted by molar-refractivity contribution is 5.88. The van der Waals surface area contributed by atoms with Gasteiger partial charge in [0.25, 0.3) is 0 Å². The summed E-state index contributed by atoms with van der Waals surface area (Å²) >= 11 is 0. The molecule has 0 heterocycles. The Morgan fingerprint density at radius 2 is 2.18 bits per heavy atom. The third-order valence-corrected chi connectivity index (χ3v) is 2.67. The van der Waals surface area contributed by atoms with E-state index in [4.69, 9.17) is 0 Å². The van der Waals surface area contributed by atoms with Gasteiger partial charge in [0, 0.05) is 11.3 Å². The van der Waals surface area contributed by atoms with E-state index in [2.05, 4.69) is 0 Å². The van der Waals surface area contributed by atoms with Gasteiger partial charge in [0.2, 0.25) is 0 Å². The van der Waals surface area contributed by atoms with Crippen molar-refractivity contribution in [3.05, 3.63) is 0 Å². The molecule has 0 bridgehead atoms. The van der Waals surface area contributed by atoms with Gasteiger partial charge in [-0.2, -0.15) is 0 Å². The second-order valence-corrected chi connectivity index (χ2v) is 4.13. The smallest absolute Gasteiger partial charge is 0.144 e. The molecule has 64 valence electrons. The topological polar surface area (TPSA) is 37.3 Å². The summed E-state index contributed by atoms with van der Waals surface area (Å²) in [5.41, 5.74) is -0.193. The SMILES string of the molecule is CC(O)C1CCC(C)(C)C1=O. The maximum Gasteiger partial charge on any atom is 0.144 e. The minimum atomic E-state index is -0.468. The van der Waals surface area contributed by atoms with Gasteiger partial charge in [-0.05, 0) is 19.8 Å². The van der Waals surface area contributed by atoms with Crippen LogP contribution in [0.1, 0.15) is 33.6 Å². The molecular formula is C9H16O2. The Morgan fingerprint density at radius 1 is 1.64 bits per heavy atom. The maximum atomic E-state index is 11.5. The molecule has 2 unspecified atom stereocenters. The van der Waals surface area contributed by atoms with Crippen LogP contribution in [0.15, 0.2) is 0 Å². The molecule has 0 aliphatic heterocycles. The first-order chi connectivity index (χ1) is 4.95. The van der Waals surface area contributed by atoms with Crippen molar-refractivity contribution in [2.75, 3.05) is 0 Å². The third kappa shape index (κ3) is 1.45. The Kier molecular flexibility index (Phi) is 2.06. The first-order valence-corrected chi connectivity index (χ1v) is 4.17. The van der Waals surface area contributed by atoms with Gasteiger partial charge in [0.15, 0.2) is 0 Å². The highest BCUT2D eigenvalue weighted by atomic mass is 16.3. The molecule has 2 heteroatoms. The Labute approximate surface area is 67.6 Å². The minimum Gasteiger partial charge on any atom is -0.393 e. The van der Waals surface area contributed by atoms with Crippen LogP contribution in [0.25, 0.3) is 0 Å². The van der Waals surface area contributed by atoms with E-state index in [0.717, 1.165) is 12.8 Å². The quantitative estimate of drug-likeness (QED) is 0.622. The second-order valence-electron chi connectivity index (χ2n) is 4.13. The van der Waals surface area contributed by atoms with E-state index in [-0.39, 0.29) is 17.1 Å². The van der Waals surface area contributed by atoms with Crippen molar-refractivity contribution in [2.24, 2.45) is 11.3 Å². The molecule has 11 heavy (non-hydrogen) atoms. The molecule has 2 atom stereocenters. The fraction of sp³-hybridized carbons (Fsp3) is 0.889. The molecule has 0 spiro atoms. The molecule has 1 N–H and O–H groups in total. The molecule has 0 radical (unpaired) electrons. The van der Waals surface area contributed by atoms with Gasteiger partial charge in [-0.1, -0.05) is 13.8 Å². The predicted octanol–water partition coefficient (Wildman–Crippen LogP) is 1.37. The normalized spacial score (nSPS) is 32.4. The van der Waals surface area contributed by atoms with Crippen LogP contribution in [0.5, 0.6) is 0 Å². The standard InChI is InChI=1S/C9H16O2/c1-6(10)7-4-5-9(2,3)8(7)11/h6-7,10H,4-5H2,1-3H3. The van der Waals surface area contributed by atoms with E-state index in [1.165, 1.54) is 0 Å². The number of ketones is 1. The summed E-state index contributed by atoms with van der Waals surface area (Å²) < 4.78 is 0. The monoisotopic (exact) mass is 156 g/mol. The highest BCUT2D eigenvalue weighted by Gasteiger charge is 2.42. The Morgan fingerprint density at radius 3 is 2.36 bits per heavy atom. The maximum absolute atomic E-state index is 11.5. The lowest BCUT2D eigenvalue weighted by atomic mass is 9.88. The second kappa shape index (κ2) is 2.59. The largest absolute Gasteiger partial charge is 0.393 e. The Balaban J connectivity index is 2.71. The van der Waals surface area contributed by atoms with Crippen LogP contribution in [0.4, 0.5) is 0 Å². The van der Waals surface area contributed by atoms with Crippen LogP contribution in [0.3, 0.4) is 0 Å². The molecule has 1 rings (SSSR count). The summed E-state index contributed by atoms with van der Waals surface area (Å²) in [6.45, 7) is 5.61. The number of Topliss-reactive ketones (excluding diaryl/α,β-unsaturated/α-hetero) is 1. The lowest BCUT2D eigenvalue weighted by molar-refractivity contribution is -0.129. The number of hydrogen-bond acceptors (Lipinski definition) is 2. The predicted molar refractivity (Wildman–Crippen MR) is 43.2 cm³/mol. The van der Waals surface area contributed by atoms with Crippen LogP contribution in [-0.4, -0.2) is 17.0 Å². The summed E-state index contributed by atoms with van der Waals surface area (Å²) in [5.74, 6) is 0.123. The Bertz CT molecular complexity index is 170. The van der Waals surface area contributed by atoms with Crippen molar-refractivity contribution < 1.29 is 9.90 Å². The van der Waals surface area contributed by atoms with Gasteiger partial charge in [0.1, 0.15) is 5.78 Å². The number of carbonyl (C=O) groups is 1. The molecule has 0 saturated heterocycles. The van der Waals surface area contributed by atoms with Gasteiger partial charge in [-0.25, -0.2) is 0 Å². The number of hydrogen-bond donors (Lipinski definition) is 1. The Hall–Kier alpha value is -0.370. The van der Waals surface area contributed by atoms with E-state index in [1.807, 2.05) is 13.8 Å². The van der Waals surface area contributed by atoms with Gasteiger partial charge < -0.3 is 5.11 Å². The van der Waals surface area contributed by atoms with E-state index in [9.17, 15) is 9.90 Å². The first-order valence-electron chi connectivity index (χ1n) is 4.17. The van der Waals surface area contributed by atoms with Crippen molar-refractivity contribution in [1.82, 2.24) is 0 Å². The van der Waals surface area contributed by atoms with Crippen LogP contribution in [-0.2, 0) is 4.79 Å². The first kappa shape index (κ1) is 8.72. The van der Waals surface area contributed by atoms with E-state index < -0.39 is 6.10 Å². The summed E-state index contributed by atoms with van der Waals surface area (Å²) in [5, 5.41) is 9.23. The molecule has 0 amide bonds. The van der Waals surface area contributed by atoms with Crippen LogP contribution in [0.2, 0.25) is 0 Å². The zero-order chi connectivity index (χ0) is 8.65. The van der Waals surface area contributed by atoms with E-state index >= 15 is 0 Å². The average molecular weight is 156 g/mol. The molecule has 1 fully saturated rings. The number of rotatable bonds is 1. The van der Waals surface area contributed by atoms with Crippen LogP contribution >= 0.6 is 0 Å². The minimum absolute atomic E-state index is 0.106. The summed E-state index contributed by atoms with van der Waals surface area (Å²) in [6.07, 6.45) is 1.30. The zero-order valence-electron chi connectivity index (χ0n) is 7.42. The molecule has 0 aromatic carbocycles. The van der Waals surface area contributed by atoms with Gasteiger partial charge >= 0.3 is 0 Å². The fourth-order valence-corrected chi connectivity index (χ4v) is 1.73. The number of aliphatic hydroxyl groups is 1. The lowest BCUT2D eigenvalue weighted by Gasteiger charge is -2.17. The number of carbonyl (C=O) groups excluding carboxylic acids is 1. The van der Waals surface area contributed by atoms with Crippen molar-refractivity contribution in [3.8, 4) is 0 Å². The van der Waals surface area contributed by atoms with Crippen LogP contribution < -0.4 is 0 Å². The van der Waals surface area contributed by atoms with Crippen molar-refractivity contribution in [3.63, 3.8) is 0 Å². The molecule has 0 aromatic rings. The molecular weight excluding hydrogens is 140 g/mol. The molecule has 2 nitrogen and oxygen atoms in total. The molecule has 1 aliphatic carbocycles. The van der Waals surface area contributed by atoms with Crippen molar-refractivity contribution >= 4 is 5.78 Å². The summed E-state index contributed by atoms with van der Waals surface area (Å²) in [6, 6.07) is 0. The zero-order valence-corrected chi connectivity index (χ0v) is 7.42. The van der Waals surface area contributed by atoms with Gasteiger partial charge in [-0.15, -0.1) is 0 Å². The van der Waals surface area contributed by atoms with E-state index in [0.29, 0.717) is 0 Å². The van der Waals surface area contributed by atoms with Crippen LogP contribution in [0, 0.1) is 11.3 Å². The van der Waals surface area contributed by atoms with Crippen molar-refractivity contribution in [1.29, 1.82) is 0 Å². The lowest BCUT2D eigenvalue weighted by Crippen LogP contribution is -2.27. The van der Waals surface area contributed by atoms with Gasteiger partial charge in [0.05, 0.1) is 6.10 Å². The highest BCUT2D eigenvalue weighted by Crippen LogP contribution is 2.38. The molecule has 1 aliphatic rings. The van der Waals surface area contributed by atoms with Crippen molar-refractivity contribution in [2.45, 2.75) is 39.7 Å². The van der Waals surface area contributed by atoms with E-state index in [1.54, 1.807) is 6.92 Å².